The minimum Gasteiger partial charge on any atom is -0.497 e. The van der Waals surface area contributed by atoms with Crippen LogP contribution in [0.2, 0.25) is 5.02 Å². The molecule has 56 heavy (non-hydrogen) atoms. The second-order valence-electron chi connectivity index (χ2n) is 15.2. The maximum Gasteiger partial charge on any atom is 0.418 e. The summed E-state index contributed by atoms with van der Waals surface area (Å²) in [5.41, 5.74) is 5.65. The van der Waals surface area contributed by atoms with E-state index in [0.29, 0.717) is 63.0 Å². The minimum atomic E-state index is -4.79. The summed E-state index contributed by atoms with van der Waals surface area (Å²) in [6, 6.07) is 7.23. The molecule has 4 N–H and O–H groups in total. The maximum absolute atomic E-state index is 14.1. The van der Waals surface area contributed by atoms with E-state index in [4.69, 9.17) is 31.9 Å². The Morgan fingerprint density at radius 3 is 2.21 bits per heavy atom. The first kappa shape index (κ1) is 41.2. The number of carboxylic acids is 1. The monoisotopic (exact) mass is 806 g/mol. The molecule has 17 heteroatoms. The molecule has 0 aromatic heterocycles. The number of nitrogens with one attached hydrogen (secondary N) is 1. The number of benzene rings is 2. The van der Waals surface area contributed by atoms with Crippen LogP contribution < -0.4 is 15.8 Å². The van der Waals surface area contributed by atoms with E-state index in [1.807, 2.05) is 12.1 Å². The fourth-order valence-electron chi connectivity index (χ4n) is 8.58. The quantitative estimate of drug-likeness (QED) is 0.246. The van der Waals surface area contributed by atoms with Crippen LogP contribution in [0, 0.1) is 11.8 Å². The molecule has 0 spiro atoms. The van der Waals surface area contributed by atoms with Gasteiger partial charge in [0.1, 0.15) is 5.75 Å². The number of rotatable bonds is 10. The summed E-state index contributed by atoms with van der Waals surface area (Å²) >= 11 is 6.13. The van der Waals surface area contributed by atoms with Gasteiger partial charge in [-0.25, -0.2) is 9.59 Å². The van der Waals surface area contributed by atoms with Crippen LogP contribution in [0.5, 0.6) is 5.75 Å². The molecule has 6 rings (SSSR count). The number of nitrogens with zero attached hydrogens (tertiary/aromatic N) is 4. The molecule has 4 heterocycles. The number of anilines is 2. The van der Waals surface area contributed by atoms with Gasteiger partial charge in [-0.15, -0.1) is 0 Å². The Morgan fingerprint density at radius 1 is 0.946 bits per heavy atom. The SMILES string of the molecule is COc1ccc2c(c1)CCN(C1CCN(C(=O)O[C@H](Cc3cc(Cl)c(N)c(C(F)(F)F)c3)C(=O)N3CCC(C4CCN(CCC(=O)O)CC4)CC3)CC1)C(=O)N2. The van der Waals surface area contributed by atoms with Gasteiger partial charge >= 0.3 is 24.3 Å². The zero-order valence-corrected chi connectivity index (χ0v) is 32.2. The first-order chi connectivity index (χ1) is 26.7. The number of urea groups is 1. The number of nitrogen functional groups attached to an aromatic ring is 1. The van der Waals surface area contributed by atoms with E-state index in [0.717, 1.165) is 56.1 Å². The number of nitrogens with two attached hydrogens (primary N) is 1. The molecule has 0 radical (unpaired) electrons. The van der Waals surface area contributed by atoms with Gasteiger partial charge in [0.2, 0.25) is 0 Å². The zero-order valence-electron chi connectivity index (χ0n) is 31.5. The Balaban J connectivity index is 1.09. The Kier molecular flexibility index (Phi) is 13.1. The predicted octanol–water partition coefficient (Wildman–Crippen LogP) is 5.98. The number of aliphatic carboxylic acids is 1. The largest absolute Gasteiger partial charge is 0.497 e. The van der Waals surface area contributed by atoms with E-state index in [1.165, 1.54) is 11.0 Å². The topological polar surface area (TPSA) is 158 Å². The highest BCUT2D eigenvalue weighted by atomic mass is 35.5. The van der Waals surface area contributed by atoms with Gasteiger partial charge in [-0.2, -0.15) is 13.2 Å². The molecular weight excluding hydrogens is 757 g/mol. The number of likely N-dealkylation sites (tertiary alicyclic amines) is 3. The number of piperidine rings is 3. The lowest BCUT2D eigenvalue weighted by Gasteiger charge is -2.41. The average Bonchev–Trinajstić information content (AvgIpc) is 3.35. The van der Waals surface area contributed by atoms with Gasteiger partial charge in [-0.05, 0) is 111 Å². The fraction of sp³-hybridized carbons (Fsp3) is 0.590. The predicted molar refractivity (Wildman–Crippen MR) is 203 cm³/mol. The molecule has 2 aromatic rings. The number of methoxy groups -OCH3 is 1. The number of carboxylic acid groups (broad SMARTS) is 1. The van der Waals surface area contributed by atoms with Crippen molar-refractivity contribution in [2.45, 2.75) is 76.1 Å². The highest BCUT2D eigenvalue weighted by molar-refractivity contribution is 6.33. The van der Waals surface area contributed by atoms with Crippen molar-refractivity contribution in [3.8, 4) is 5.75 Å². The maximum atomic E-state index is 14.1. The molecule has 3 fully saturated rings. The number of amides is 4. The number of alkyl halides is 3. The molecule has 0 saturated carbocycles. The second-order valence-corrected chi connectivity index (χ2v) is 15.6. The number of halogens is 4. The van der Waals surface area contributed by atoms with Crippen molar-refractivity contribution in [2.75, 3.05) is 70.5 Å². The van der Waals surface area contributed by atoms with E-state index in [1.54, 1.807) is 23.0 Å². The molecule has 0 unspecified atom stereocenters. The lowest BCUT2D eigenvalue weighted by Crippen LogP contribution is -2.52. The van der Waals surface area contributed by atoms with Crippen molar-refractivity contribution in [1.29, 1.82) is 0 Å². The number of ether oxygens (including phenoxy) is 2. The van der Waals surface area contributed by atoms with Crippen LogP contribution in [0.3, 0.4) is 0 Å². The van der Waals surface area contributed by atoms with Crippen molar-refractivity contribution < 1.29 is 46.9 Å². The van der Waals surface area contributed by atoms with Gasteiger partial charge in [-0.1, -0.05) is 11.6 Å². The molecule has 4 aliphatic rings. The summed E-state index contributed by atoms with van der Waals surface area (Å²) in [4.78, 5) is 59.0. The van der Waals surface area contributed by atoms with E-state index in [-0.39, 0.29) is 48.6 Å². The van der Waals surface area contributed by atoms with Crippen LogP contribution in [-0.4, -0.2) is 120 Å². The Bertz CT molecular complexity index is 1760. The number of carbonyl (C=O) groups excluding carboxylic acids is 3. The van der Waals surface area contributed by atoms with Crippen molar-refractivity contribution >= 4 is 47.0 Å². The minimum absolute atomic E-state index is 0.0525. The smallest absolute Gasteiger partial charge is 0.418 e. The fourth-order valence-corrected chi connectivity index (χ4v) is 8.82. The third-order valence-electron chi connectivity index (χ3n) is 11.8. The number of fused-ring (bicyclic) bond motifs is 1. The van der Waals surface area contributed by atoms with Crippen molar-refractivity contribution in [3.63, 3.8) is 0 Å². The van der Waals surface area contributed by atoms with Crippen molar-refractivity contribution in [3.05, 3.63) is 52.0 Å². The Hall–Kier alpha value is -4.44. The third-order valence-corrected chi connectivity index (χ3v) is 12.1. The summed E-state index contributed by atoms with van der Waals surface area (Å²) in [7, 11) is 1.58. The average molecular weight is 807 g/mol. The van der Waals surface area contributed by atoms with E-state index in [2.05, 4.69) is 10.2 Å². The zero-order chi connectivity index (χ0) is 40.1. The van der Waals surface area contributed by atoms with Gasteiger partial charge in [0, 0.05) is 57.4 Å². The standard InChI is InChI=1S/C39H50ClF3N6O7/c1-55-29-2-3-32-27(23-29)8-19-49(37(53)45-32)28-9-17-48(18-10-28)38(54)56-33(22-24-20-30(39(41,42)43)35(44)31(40)21-24)36(52)47-15-6-26(7-16-47)25-4-12-46(13-5-25)14-11-34(50)51/h2-3,20-21,23,25-26,28,33H,4-19,22,44H2,1H3,(H,45,53)(H,50,51)/t33-/m1/s1. The van der Waals surface area contributed by atoms with Gasteiger partial charge < -0.3 is 45.2 Å². The van der Waals surface area contributed by atoms with Crippen LogP contribution in [-0.2, 0) is 33.3 Å². The first-order valence-corrected chi connectivity index (χ1v) is 19.7. The van der Waals surface area contributed by atoms with Crippen molar-refractivity contribution in [2.24, 2.45) is 11.8 Å². The number of hydrogen-bond acceptors (Lipinski definition) is 8. The first-order valence-electron chi connectivity index (χ1n) is 19.3. The summed E-state index contributed by atoms with van der Waals surface area (Å²) in [6.07, 6.45) is -2.29. The van der Waals surface area contributed by atoms with E-state index < -0.39 is 41.5 Å². The molecule has 4 amide bonds. The third kappa shape index (κ3) is 9.92. The van der Waals surface area contributed by atoms with Crippen molar-refractivity contribution in [1.82, 2.24) is 19.6 Å². The molecule has 0 aliphatic carbocycles. The number of hydrogen-bond donors (Lipinski definition) is 3. The van der Waals surface area contributed by atoms with Gasteiger partial charge in [0.15, 0.2) is 6.10 Å². The van der Waals surface area contributed by atoms with Crippen LogP contribution >= 0.6 is 11.6 Å². The number of carbonyl (C=O) groups is 4. The lowest BCUT2D eigenvalue weighted by atomic mass is 9.78. The second kappa shape index (κ2) is 17.8. The van der Waals surface area contributed by atoms with E-state index in [9.17, 15) is 32.3 Å². The molecule has 13 nitrogen and oxygen atoms in total. The summed E-state index contributed by atoms with van der Waals surface area (Å²) in [5.74, 6) is 0.210. The molecule has 3 saturated heterocycles. The van der Waals surface area contributed by atoms with Gasteiger partial charge in [0.05, 0.1) is 29.8 Å². The summed E-state index contributed by atoms with van der Waals surface area (Å²) < 4.78 is 52.8. The molecular formula is C39H50ClF3N6O7. The van der Waals surface area contributed by atoms with Crippen LogP contribution in [0.4, 0.5) is 34.1 Å². The highest BCUT2D eigenvalue weighted by Crippen LogP contribution is 2.39. The Morgan fingerprint density at radius 2 is 1.59 bits per heavy atom. The molecule has 4 aliphatic heterocycles. The van der Waals surface area contributed by atoms with Crippen LogP contribution in [0.25, 0.3) is 0 Å². The molecule has 306 valence electrons. The molecule has 2 aromatic carbocycles. The normalized spacial score (nSPS) is 19.9. The van der Waals surface area contributed by atoms with Crippen LogP contribution in [0.1, 0.15) is 61.6 Å². The summed E-state index contributed by atoms with van der Waals surface area (Å²) in [6.45, 7) is 3.97. The Labute approximate surface area is 329 Å². The molecule has 1 atom stereocenters. The van der Waals surface area contributed by atoms with Gasteiger partial charge in [-0.3, -0.25) is 9.59 Å². The lowest BCUT2D eigenvalue weighted by molar-refractivity contribution is -0.143. The molecule has 0 bridgehead atoms. The highest BCUT2D eigenvalue weighted by Gasteiger charge is 2.39. The van der Waals surface area contributed by atoms with Gasteiger partial charge in [0.25, 0.3) is 5.91 Å². The summed E-state index contributed by atoms with van der Waals surface area (Å²) in [5, 5.41) is 11.7. The van der Waals surface area contributed by atoms with E-state index >= 15 is 0 Å². The van der Waals surface area contributed by atoms with Crippen LogP contribution in [0.15, 0.2) is 30.3 Å².